The Morgan fingerprint density at radius 2 is 1.90 bits per heavy atom. The summed E-state index contributed by atoms with van der Waals surface area (Å²) in [6, 6.07) is 5.26. The molecule has 2 atom stereocenters. The van der Waals surface area contributed by atoms with Crippen molar-refractivity contribution in [2.75, 3.05) is 12.3 Å². The van der Waals surface area contributed by atoms with Gasteiger partial charge in [-0.15, -0.1) is 0 Å². The Labute approximate surface area is 180 Å². The molecule has 1 aliphatic heterocycles. The largest absolute Gasteiger partial charge is 0.398 e. The van der Waals surface area contributed by atoms with Crippen LogP contribution in [0.1, 0.15) is 58.6 Å². The van der Waals surface area contributed by atoms with Crippen molar-refractivity contribution in [1.82, 2.24) is 5.32 Å². The Morgan fingerprint density at radius 3 is 2.40 bits per heavy atom. The minimum Gasteiger partial charge on any atom is -0.398 e. The number of hydrogen-bond acceptors (Lipinski definition) is 4. The van der Waals surface area contributed by atoms with Gasteiger partial charge in [0.2, 0.25) is 0 Å². The van der Waals surface area contributed by atoms with Crippen molar-refractivity contribution < 1.29 is 4.39 Å². The molecule has 166 valence electrons. The fourth-order valence-electron chi connectivity index (χ4n) is 2.78. The maximum absolute atomic E-state index is 10.5. The van der Waals surface area contributed by atoms with E-state index in [4.69, 9.17) is 22.3 Å². The molecular formula is C23H37FN6. The van der Waals surface area contributed by atoms with E-state index in [2.05, 4.69) is 10.3 Å². The highest BCUT2D eigenvalue weighted by Gasteiger charge is 2.19. The zero-order valence-electron chi connectivity index (χ0n) is 18.8. The van der Waals surface area contributed by atoms with Crippen LogP contribution in [0, 0.1) is 16.7 Å². The van der Waals surface area contributed by atoms with Crippen LogP contribution in [-0.4, -0.2) is 30.0 Å². The molecule has 1 aromatic rings. The van der Waals surface area contributed by atoms with Crippen molar-refractivity contribution >= 4 is 23.1 Å². The molecular weight excluding hydrogens is 379 g/mol. The summed E-state index contributed by atoms with van der Waals surface area (Å²) in [6.45, 7) is 10.4. The number of nitrogen functional groups attached to an aromatic ring is 1. The molecule has 0 aliphatic carbocycles. The van der Waals surface area contributed by atoms with Crippen molar-refractivity contribution in [3.05, 3.63) is 53.9 Å². The first-order valence-electron chi connectivity index (χ1n) is 10.3. The van der Waals surface area contributed by atoms with Gasteiger partial charge in [-0.1, -0.05) is 39.0 Å². The maximum atomic E-state index is 10.5. The lowest BCUT2D eigenvalue weighted by Gasteiger charge is -2.14. The highest BCUT2D eigenvalue weighted by atomic mass is 19.1. The van der Waals surface area contributed by atoms with Crippen LogP contribution in [0.15, 0.2) is 47.7 Å². The van der Waals surface area contributed by atoms with Crippen molar-refractivity contribution in [2.45, 2.75) is 53.5 Å². The smallest absolute Gasteiger partial charge is 0.153 e. The van der Waals surface area contributed by atoms with Crippen LogP contribution in [0.5, 0.6) is 0 Å². The van der Waals surface area contributed by atoms with Gasteiger partial charge in [0.05, 0.1) is 12.4 Å². The molecule has 30 heavy (non-hydrogen) atoms. The fraction of sp³-hybridized carbons (Fsp3) is 0.435. The van der Waals surface area contributed by atoms with E-state index in [0.717, 1.165) is 19.4 Å². The molecule has 6 nitrogen and oxygen atoms in total. The van der Waals surface area contributed by atoms with Gasteiger partial charge in [0.1, 0.15) is 5.84 Å². The molecule has 2 rings (SSSR count). The number of nitrogens with two attached hydrogens (primary N) is 2. The predicted octanol–water partition coefficient (Wildman–Crippen LogP) is 4.80. The second-order valence-corrected chi connectivity index (χ2v) is 6.52. The summed E-state index contributed by atoms with van der Waals surface area (Å²) in [5.41, 5.74) is 14.2. The summed E-state index contributed by atoms with van der Waals surface area (Å²) < 4.78 is 10.5. The average molecular weight is 417 g/mol. The second-order valence-electron chi connectivity index (χ2n) is 6.52. The third-order valence-corrected chi connectivity index (χ3v) is 4.34. The van der Waals surface area contributed by atoms with Gasteiger partial charge in [0, 0.05) is 28.4 Å². The fourth-order valence-corrected chi connectivity index (χ4v) is 2.78. The van der Waals surface area contributed by atoms with Crippen molar-refractivity contribution in [2.24, 2.45) is 16.6 Å². The highest BCUT2D eigenvalue weighted by Crippen LogP contribution is 2.20. The van der Waals surface area contributed by atoms with Crippen LogP contribution in [0.3, 0.4) is 0 Å². The third kappa shape index (κ3) is 8.69. The van der Waals surface area contributed by atoms with E-state index in [1.807, 2.05) is 39.8 Å². The van der Waals surface area contributed by atoms with E-state index >= 15 is 0 Å². The Hall–Kier alpha value is -2.80. The molecule has 0 amide bonds. The molecule has 1 heterocycles. The number of aliphatic imine (C=N–C) groups is 1. The number of halogens is 1. The average Bonchev–Trinajstić information content (AvgIpc) is 3.30. The minimum atomic E-state index is -0.0435. The SMILES string of the molecule is C/C=C/F.C/C=C\C(C)C(=N)c1cc(C(=N)N=C(N)C2CCCN2)ccc1N.CC. The Kier molecular flexibility index (Phi) is 13.7. The first-order valence-corrected chi connectivity index (χ1v) is 10.3. The van der Waals surface area contributed by atoms with E-state index in [0.29, 0.717) is 34.7 Å². The molecule has 1 saturated heterocycles. The minimum absolute atomic E-state index is 0.0435. The number of allylic oxidation sites excluding steroid dienone is 3. The topological polar surface area (TPSA) is 124 Å². The summed E-state index contributed by atoms with van der Waals surface area (Å²) in [7, 11) is 0. The van der Waals surface area contributed by atoms with Crippen LogP contribution >= 0.6 is 0 Å². The van der Waals surface area contributed by atoms with Crippen LogP contribution in [0.4, 0.5) is 10.1 Å². The van der Waals surface area contributed by atoms with E-state index < -0.39 is 0 Å². The highest BCUT2D eigenvalue weighted by molar-refractivity contribution is 6.10. The van der Waals surface area contributed by atoms with Crippen LogP contribution < -0.4 is 16.8 Å². The number of rotatable bonds is 5. The predicted molar refractivity (Wildman–Crippen MR) is 128 cm³/mol. The van der Waals surface area contributed by atoms with Crippen molar-refractivity contribution in [3.8, 4) is 0 Å². The van der Waals surface area contributed by atoms with Gasteiger partial charge < -0.3 is 22.2 Å². The number of amidine groups is 2. The molecule has 1 aliphatic rings. The summed E-state index contributed by atoms with van der Waals surface area (Å²) in [5.74, 6) is 0.486. The molecule has 0 aromatic heterocycles. The Morgan fingerprint density at radius 1 is 1.27 bits per heavy atom. The van der Waals surface area contributed by atoms with Gasteiger partial charge in [-0.2, -0.15) is 0 Å². The van der Waals surface area contributed by atoms with Crippen LogP contribution in [-0.2, 0) is 0 Å². The van der Waals surface area contributed by atoms with Gasteiger partial charge in [0.25, 0.3) is 0 Å². The first-order chi connectivity index (χ1) is 14.3. The van der Waals surface area contributed by atoms with Gasteiger partial charge in [0.15, 0.2) is 5.84 Å². The lowest BCUT2D eigenvalue weighted by Crippen LogP contribution is -2.37. The summed E-state index contributed by atoms with van der Waals surface area (Å²) >= 11 is 0. The van der Waals surface area contributed by atoms with E-state index in [1.54, 1.807) is 25.1 Å². The lowest BCUT2D eigenvalue weighted by molar-refractivity contribution is 0.719. The quantitative estimate of drug-likeness (QED) is 0.205. The molecule has 0 bridgehead atoms. The van der Waals surface area contributed by atoms with E-state index in [9.17, 15) is 4.39 Å². The molecule has 0 radical (unpaired) electrons. The summed E-state index contributed by atoms with van der Waals surface area (Å²) in [4.78, 5) is 4.23. The monoisotopic (exact) mass is 416 g/mol. The Bertz CT molecular complexity index is 757. The molecule has 0 spiro atoms. The summed E-state index contributed by atoms with van der Waals surface area (Å²) in [6.07, 6.45) is 7.71. The number of benzene rings is 1. The lowest BCUT2D eigenvalue weighted by atomic mass is 9.95. The normalized spacial score (nSPS) is 17.1. The summed E-state index contributed by atoms with van der Waals surface area (Å²) in [5, 5.41) is 19.8. The first kappa shape index (κ1) is 27.2. The number of nitrogens with one attached hydrogen (secondary N) is 3. The molecule has 2 unspecified atom stereocenters. The molecule has 1 aromatic carbocycles. The molecule has 7 heteroatoms. The third-order valence-electron chi connectivity index (χ3n) is 4.34. The van der Waals surface area contributed by atoms with Gasteiger partial charge in [-0.05, 0) is 51.4 Å². The van der Waals surface area contributed by atoms with E-state index in [-0.39, 0.29) is 17.8 Å². The van der Waals surface area contributed by atoms with E-state index in [1.165, 1.54) is 6.08 Å². The Balaban J connectivity index is 0.00000125. The number of hydrogen-bond donors (Lipinski definition) is 5. The van der Waals surface area contributed by atoms with Gasteiger partial charge in [-0.25, -0.2) is 9.38 Å². The zero-order valence-corrected chi connectivity index (χ0v) is 18.8. The number of anilines is 1. The van der Waals surface area contributed by atoms with Crippen LogP contribution in [0.25, 0.3) is 0 Å². The molecule has 0 saturated carbocycles. The second kappa shape index (κ2) is 15.1. The standard InChI is InChI=1S/C18H26N6.C3H5F.C2H6/c1-3-5-11(2)16(20)13-10-12(7-8-14(13)19)17(21)24-18(22)15-6-4-9-23-15;1-2-3-4;1-2/h3,5,7-8,10-11,15,20,23H,4,6,9,19H2,1-2H3,(H3,21,22,24);2-3H,1H3;1-2H3/b5-3-,20-16?;3-2+;. The van der Waals surface area contributed by atoms with Crippen LogP contribution in [0.2, 0.25) is 0 Å². The molecule has 1 fully saturated rings. The zero-order chi connectivity index (χ0) is 23.1. The molecule has 7 N–H and O–H groups in total. The maximum Gasteiger partial charge on any atom is 0.153 e. The van der Waals surface area contributed by atoms with Crippen molar-refractivity contribution in [1.29, 1.82) is 10.8 Å². The van der Waals surface area contributed by atoms with Gasteiger partial charge >= 0.3 is 0 Å². The van der Waals surface area contributed by atoms with Gasteiger partial charge in [-0.3, -0.25) is 5.41 Å². The van der Waals surface area contributed by atoms with Crippen molar-refractivity contribution in [3.63, 3.8) is 0 Å². The number of nitrogens with zero attached hydrogens (tertiary/aromatic N) is 1.